The molecule has 3 heterocycles. The molecular formula is C28H34N6O. The van der Waals surface area contributed by atoms with Crippen LogP contribution in [0.15, 0.2) is 59.7 Å². The second kappa shape index (κ2) is 10.6. The molecule has 2 unspecified atom stereocenters. The van der Waals surface area contributed by atoms with E-state index in [1.54, 1.807) is 6.20 Å². The Morgan fingerprint density at radius 1 is 1.20 bits per heavy atom. The highest BCUT2D eigenvalue weighted by Crippen LogP contribution is 2.43. The van der Waals surface area contributed by atoms with E-state index in [1.165, 1.54) is 18.4 Å². The van der Waals surface area contributed by atoms with Crippen molar-refractivity contribution in [3.05, 3.63) is 82.5 Å². The maximum absolute atomic E-state index is 9.98. The summed E-state index contributed by atoms with van der Waals surface area (Å²) < 4.78 is 0. The van der Waals surface area contributed by atoms with Crippen molar-refractivity contribution in [2.75, 3.05) is 31.6 Å². The van der Waals surface area contributed by atoms with Crippen molar-refractivity contribution in [2.24, 2.45) is 16.6 Å². The van der Waals surface area contributed by atoms with Crippen molar-refractivity contribution in [2.45, 2.75) is 38.3 Å². The molecule has 182 valence electrons. The predicted molar refractivity (Wildman–Crippen MR) is 139 cm³/mol. The van der Waals surface area contributed by atoms with Gasteiger partial charge in [-0.2, -0.15) is 0 Å². The number of nitrogens with one attached hydrogen (secondary N) is 2. The van der Waals surface area contributed by atoms with E-state index in [1.807, 2.05) is 42.5 Å². The molecule has 5 rings (SSSR count). The van der Waals surface area contributed by atoms with Gasteiger partial charge in [-0.05, 0) is 55.0 Å². The first-order chi connectivity index (χ1) is 17.2. The number of aliphatic hydroxyl groups is 1. The number of aromatic nitrogens is 2. The van der Waals surface area contributed by atoms with Crippen LogP contribution < -0.4 is 21.7 Å². The Balaban J connectivity index is 1.56. The Hall–Kier alpha value is -3.13. The maximum Gasteiger partial charge on any atom is 0.127 e. The number of fused-ring (bicyclic) bond motifs is 1. The van der Waals surface area contributed by atoms with Crippen LogP contribution in [0.3, 0.4) is 0 Å². The molecule has 1 fully saturated rings. The number of nitrogens with zero attached hydrogens (tertiary/aromatic N) is 3. The lowest BCUT2D eigenvalue weighted by Crippen LogP contribution is -2.34. The molecule has 5 N–H and O–H groups in total. The summed E-state index contributed by atoms with van der Waals surface area (Å²) >= 11 is 0. The van der Waals surface area contributed by atoms with Crippen LogP contribution in [0.25, 0.3) is 11.3 Å². The van der Waals surface area contributed by atoms with Gasteiger partial charge in [0, 0.05) is 42.9 Å². The van der Waals surface area contributed by atoms with Crippen molar-refractivity contribution in [3.8, 4) is 11.3 Å². The largest absolute Gasteiger partial charge is 0.394 e. The fourth-order valence-electron chi connectivity index (χ4n) is 5.03. The molecule has 7 heteroatoms. The number of aryl methyl sites for hydroxylation is 1. The summed E-state index contributed by atoms with van der Waals surface area (Å²) in [6, 6.07) is 15.9. The lowest BCUT2D eigenvalue weighted by atomic mass is 9.90. The van der Waals surface area contributed by atoms with Gasteiger partial charge in [0.15, 0.2) is 0 Å². The van der Waals surface area contributed by atoms with Crippen molar-refractivity contribution >= 4 is 5.82 Å². The van der Waals surface area contributed by atoms with Crippen molar-refractivity contribution in [3.63, 3.8) is 0 Å². The fourth-order valence-corrected chi connectivity index (χ4v) is 5.03. The van der Waals surface area contributed by atoms with E-state index in [4.69, 9.17) is 15.7 Å². The molecule has 0 bridgehead atoms. The minimum absolute atomic E-state index is 0.0266. The first-order valence-electron chi connectivity index (χ1n) is 12.5. The van der Waals surface area contributed by atoms with Gasteiger partial charge in [0.1, 0.15) is 5.82 Å². The Morgan fingerprint density at radius 3 is 2.77 bits per heavy atom. The van der Waals surface area contributed by atoms with Gasteiger partial charge < -0.3 is 21.5 Å². The van der Waals surface area contributed by atoms with E-state index in [0.29, 0.717) is 30.7 Å². The number of rotatable bonds is 8. The lowest BCUT2D eigenvalue weighted by Gasteiger charge is -2.24. The molecule has 0 spiro atoms. The molecule has 0 amide bonds. The van der Waals surface area contributed by atoms with E-state index in [2.05, 4.69) is 28.6 Å². The number of hydrogen-bond donors (Lipinski definition) is 4. The van der Waals surface area contributed by atoms with Gasteiger partial charge >= 0.3 is 0 Å². The van der Waals surface area contributed by atoms with Gasteiger partial charge in [0.25, 0.3) is 0 Å². The third-order valence-electron chi connectivity index (χ3n) is 6.93. The highest BCUT2D eigenvalue weighted by atomic mass is 16.3. The van der Waals surface area contributed by atoms with Crippen molar-refractivity contribution < 1.29 is 5.11 Å². The molecule has 2 aliphatic rings. The highest BCUT2D eigenvalue weighted by Gasteiger charge is 2.36. The minimum Gasteiger partial charge on any atom is -0.394 e. The zero-order valence-electron chi connectivity index (χ0n) is 20.2. The van der Waals surface area contributed by atoms with Crippen molar-refractivity contribution in [1.29, 1.82) is 0 Å². The minimum atomic E-state index is -0.238. The number of benzene rings is 1. The van der Waals surface area contributed by atoms with Crippen LogP contribution in [0.4, 0.5) is 5.82 Å². The normalized spacial score (nSPS) is 18.7. The molecule has 1 saturated carbocycles. The molecule has 2 atom stereocenters. The monoisotopic (exact) mass is 470 g/mol. The molecule has 0 saturated heterocycles. The number of aliphatic hydroxyl groups excluding tert-OH is 1. The third kappa shape index (κ3) is 5.27. The SMILES string of the molecule is Cc1cc(=NCCN)c2c(nc1-c1ccnc(NC(CO)c3ccccc3)c1)CNCC2C1CC1. The molecule has 1 aliphatic carbocycles. The van der Waals surface area contributed by atoms with Crippen LogP contribution in [-0.2, 0) is 6.54 Å². The number of nitrogens with two attached hydrogens (primary N) is 1. The summed E-state index contributed by atoms with van der Waals surface area (Å²) in [6.07, 6.45) is 4.35. The number of hydrogen-bond acceptors (Lipinski definition) is 7. The lowest BCUT2D eigenvalue weighted by molar-refractivity contribution is 0.276. The summed E-state index contributed by atoms with van der Waals surface area (Å²) in [6.45, 7) is 4.94. The predicted octanol–water partition coefficient (Wildman–Crippen LogP) is 3.05. The second-order valence-electron chi connectivity index (χ2n) is 9.50. The zero-order chi connectivity index (χ0) is 24.2. The number of anilines is 1. The Labute approximate surface area is 206 Å². The molecule has 35 heavy (non-hydrogen) atoms. The zero-order valence-corrected chi connectivity index (χ0v) is 20.2. The van der Waals surface area contributed by atoms with E-state index in [-0.39, 0.29) is 12.6 Å². The van der Waals surface area contributed by atoms with Gasteiger partial charge in [0.05, 0.1) is 35.9 Å². The second-order valence-corrected chi connectivity index (χ2v) is 9.50. The van der Waals surface area contributed by atoms with Gasteiger partial charge in [0.2, 0.25) is 0 Å². The van der Waals surface area contributed by atoms with Gasteiger partial charge in [-0.1, -0.05) is 30.3 Å². The van der Waals surface area contributed by atoms with Crippen LogP contribution in [0.1, 0.15) is 47.2 Å². The molecule has 3 aromatic rings. The summed E-state index contributed by atoms with van der Waals surface area (Å²) in [5.41, 5.74) is 12.2. The molecule has 0 radical (unpaired) electrons. The third-order valence-corrected chi connectivity index (χ3v) is 6.93. The molecule has 1 aromatic carbocycles. The van der Waals surface area contributed by atoms with E-state index >= 15 is 0 Å². The summed E-state index contributed by atoms with van der Waals surface area (Å²) in [5, 5.41) is 18.0. The quantitative estimate of drug-likeness (QED) is 0.403. The highest BCUT2D eigenvalue weighted by molar-refractivity contribution is 5.66. The van der Waals surface area contributed by atoms with Crippen molar-refractivity contribution in [1.82, 2.24) is 15.3 Å². The summed E-state index contributed by atoms with van der Waals surface area (Å²) in [7, 11) is 0. The smallest absolute Gasteiger partial charge is 0.127 e. The Morgan fingerprint density at radius 2 is 2.03 bits per heavy atom. The van der Waals surface area contributed by atoms with Crippen LogP contribution >= 0.6 is 0 Å². The molecular weight excluding hydrogens is 436 g/mol. The molecule has 2 aromatic heterocycles. The first kappa shape index (κ1) is 23.6. The molecule has 1 aliphatic heterocycles. The average molecular weight is 471 g/mol. The van der Waals surface area contributed by atoms with Gasteiger partial charge in [-0.3, -0.25) is 9.98 Å². The maximum atomic E-state index is 9.98. The van der Waals surface area contributed by atoms with E-state index in [9.17, 15) is 5.11 Å². The van der Waals surface area contributed by atoms with E-state index < -0.39 is 0 Å². The molecule has 7 nitrogen and oxygen atoms in total. The van der Waals surface area contributed by atoms with Crippen LogP contribution in [0, 0.1) is 12.8 Å². The van der Waals surface area contributed by atoms with E-state index in [0.717, 1.165) is 46.5 Å². The van der Waals surface area contributed by atoms with Crippen LogP contribution in [0.2, 0.25) is 0 Å². The summed E-state index contributed by atoms with van der Waals surface area (Å²) in [5.74, 6) is 1.87. The Bertz CT molecular complexity index is 1240. The van der Waals surface area contributed by atoms with Gasteiger partial charge in [-0.15, -0.1) is 0 Å². The fraction of sp³-hybridized carbons (Fsp3) is 0.393. The Kier molecular flexibility index (Phi) is 7.18. The standard InChI is InChI=1S/C28H34N6O/c1-18-13-23(31-12-10-29)27-22(19-7-8-19)15-30-16-24(27)34-28(18)21-9-11-32-26(14-21)33-25(17-35)20-5-3-2-4-6-20/h2-6,9,11,13-14,19,22,25,30,35H,7-8,10,12,15-17,29H2,1H3,(H,32,33). The number of pyridine rings is 1. The van der Waals surface area contributed by atoms with Gasteiger partial charge in [-0.25, -0.2) is 4.98 Å². The summed E-state index contributed by atoms with van der Waals surface area (Å²) in [4.78, 5) is 14.6. The topological polar surface area (TPSA) is 108 Å². The van der Waals surface area contributed by atoms with Crippen LogP contribution in [0.5, 0.6) is 0 Å². The van der Waals surface area contributed by atoms with Crippen LogP contribution in [-0.4, -0.2) is 41.3 Å². The first-order valence-corrected chi connectivity index (χ1v) is 12.5. The average Bonchev–Trinajstić information content (AvgIpc) is 3.75.